The van der Waals surface area contributed by atoms with E-state index in [2.05, 4.69) is 0 Å². The molecule has 0 aliphatic carbocycles. The number of halogens is 2. The van der Waals surface area contributed by atoms with Gasteiger partial charge in [-0.3, -0.25) is 0 Å². The van der Waals surface area contributed by atoms with Crippen LogP contribution in [-0.2, 0) is 0 Å². The summed E-state index contributed by atoms with van der Waals surface area (Å²) in [5.74, 6) is -0.883. The van der Waals surface area contributed by atoms with Gasteiger partial charge in [0.15, 0.2) is 0 Å². The molecule has 0 amide bonds. The van der Waals surface area contributed by atoms with Crippen LogP contribution in [0.15, 0.2) is 12.1 Å². The van der Waals surface area contributed by atoms with E-state index >= 15 is 0 Å². The van der Waals surface area contributed by atoms with Gasteiger partial charge < -0.3 is 15.9 Å². The first-order chi connectivity index (χ1) is 6.06. The lowest BCUT2D eigenvalue weighted by Gasteiger charge is -2.11. The van der Waals surface area contributed by atoms with Gasteiger partial charge in [0.05, 0.1) is 17.7 Å². The highest BCUT2D eigenvalue weighted by Crippen LogP contribution is 2.31. The largest absolute Gasteiger partial charge is 0.506 e. The van der Waals surface area contributed by atoms with Crippen LogP contribution in [-0.4, -0.2) is 16.8 Å². The fraction of sp³-hybridized carbons (Fsp3) is 0.250. The molecule has 1 rings (SSSR count). The number of aliphatic hydroxyl groups is 1. The number of aromatic hydroxyl groups is 1. The van der Waals surface area contributed by atoms with Gasteiger partial charge in [-0.15, -0.1) is 0 Å². The minimum Gasteiger partial charge on any atom is -0.506 e. The van der Waals surface area contributed by atoms with Crippen molar-refractivity contribution in [2.75, 3.05) is 6.61 Å². The van der Waals surface area contributed by atoms with Crippen LogP contribution in [0.1, 0.15) is 11.6 Å². The van der Waals surface area contributed by atoms with Gasteiger partial charge in [0, 0.05) is 5.56 Å². The molecular formula is C8H9ClFNO2. The average Bonchev–Trinajstić information content (AvgIpc) is 2.10. The Bertz CT molecular complexity index is 319. The molecule has 1 atom stereocenters. The Morgan fingerprint density at radius 2 is 2.15 bits per heavy atom. The summed E-state index contributed by atoms with van der Waals surface area (Å²) >= 11 is 5.49. The Morgan fingerprint density at radius 3 is 2.69 bits per heavy atom. The highest BCUT2D eigenvalue weighted by molar-refractivity contribution is 6.32. The first kappa shape index (κ1) is 10.2. The monoisotopic (exact) mass is 205 g/mol. The summed E-state index contributed by atoms with van der Waals surface area (Å²) < 4.78 is 12.8. The third-order valence-electron chi connectivity index (χ3n) is 1.65. The van der Waals surface area contributed by atoms with Crippen LogP contribution in [0, 0.1) is 5.82 Å². The molecule has 1 aromatic carbocycles. The van der Waals surface area contributed by atoms with Crippen LogP contribution in [0.4, 0.5) is 4.39 Å². The van der Waals surface area contributed by atoms with E-state index in [1.165, 1.54) is 0 Å². The van der Waals surface area contributed by atoms with Crippen molar-refractivity contribution in [3.05, 3.63) is 28.5 Å². The van der Waals surface area contributed by atoms with Crippen LogP contribution < -0.4 is 5.73 Å². The minimum atomic E-state index is -0.826. The predicted octanol–water partition coefficient (Wildman–Crippen LogP) is 1.18. The summed E-state index contributed by atoms with van der Waals surface area (Å²) in [5.41, 5.74) is 5.50. The number of hydrogen-bond acceptors (Lipinski definition) is 3. The zero-order valence-corrected chi connectivity index (χ0v) is 7.42. The van der Waals surface area contributed by atoms with Crippen LogP contribution in [0.25, 0.3) is 0 Å². The number of aliphatic hydroxyl groups excluding tert-OH is 1. The average molecular weight is 206 g/mol. The highest BCUT2D eigenvalue weighted by Gasteiger charge is 2.14. The van der Waals surface area contributed by atoms with Crippen molar-refractivity contribution in [1.82, 2.24) is 0 Å². The molecule has 0 saturated heterocycles. The van der Waals surface area contributed by atoms with Crippen LogP contribution >= 0.6 is 11.6 Å². The Morgan fingerprint density at radius 1 is 1.54 bits per heavy atom. The van der Waals surface area contributed by atoms with Crippen LogP contribution in [0.3, 0.4) is 0 Å². The van der Waals surface area contributed by atoms with E-state index in [1.54, 1.807) is 0 Å². The van der Waals surface area contributed by atoms with Crippen molar-refractivity contribution in [2.24, 2.45) is 5.73 Å². The van der Waals surface area contributed by atoms with Crippen molar-refractivity contribution in [2.45, 2.75) is 6.04 Å². The predicted molar refractivity (Wildman–Crippen MR) is 47.1 cm³/mol. The molecule has 0 heterocycles. The lowest BCUT2D eigenvalue weighted by molar-refractivity contribution is 0.265. The van der Waals surface area contributed by atoms with Gasteiger partial charge in [-0.25, -0.2) is 4.39 Å². The van der Waals surface area contributed by atoms with Crippen molar-refractivity contribution in [3.8, 4) is 5.75 Å². The van der Waals surface area contributed by atoms with Gasteiger partial charge in [0.25, 0.3) is 0 Å². The Kier molecular flexibility index (Phi) is 3.08. The Balaban J connectivity index is 3.20. The topological polar surface area (TPSA) is 66.5 Å². The summed E-state index contributed by atoms with van der Waals surface area (Å²) in [6.07, 6.45) is 0. The number of phenolic OH excluding ortho intramolecular Hbond substituents is 1. The molecule has 0 radical (unpaired) electrons. The molecule has 13 heavy (non-hydrogen) atoms. The second-order valence-corrected chi connectivity index (χ2v) is 3.02. The molecular weight excluding hydrogens is 197 g/mol. The SMILES string of the molecule is N[C@@H](CO)c1cc(F)cc(Cl)c1O. The van der Waals surface area contributed by atoms with E-state index in [9.17, 15) is 9.50 Å². The maximum absolute atomic E-state index is 12.8. The van der Waals surface area contributed by atoms with E-state index in [0.717, 1.165) is 12.1 Å². The van der Waals surface area contributed by atoms with E-state index in [0.29, 0.717) is 0 Å². The zero-order valence-electron chi connectivity index (χ0n) is 6.67. The molecule has 0 fully saturated rings. The molecule has 3 nitrogen and oxygen atoms in total. The molecule has 0 aliphatic rings. The summed E-state index contributed by atoms with van der Waals surface area (Å²) in [4.78, 5) is 0. The minimum absolute atomic E-state index is 0.104. The standard InChI is InChI=1S/C8H9ClFNO2/c9-6-2-4(10)1-5(8(6)13)7(11)3-12/h1-2,7,12-13H,3,11H2/t7-/m0/s1. The number of rotatable bonds is 2. The van der Waals surface area contributed by atoms with Crippen molar-refractivity contribution < 1.29 is 14.6 Å². The zero-order chi connectivity index (χ0) is 10.0. The second-order valence-electron chi connectivity index (χ2n) is 2.61. The number of nitrogens with two attached hydrogens (primary N) is 1. The molecule has 0 saturated carbocycles. The molecule has 0 spiro atoms. The summed E-state index contributed by atoms with van der Waals surface area (Å²) in [6, 6.07) is 1.19. The van der Waals surface area contributed by atoms with Crippen molar-refractivity contribution in [1.29, 1.82) is 0 Å². The fourth-order valence-electron chi connectivity index (χ4n) is 0.967. The summed E-state index contributed by atoms with van der Waals surface area (Å²) in [5, 5.41) is 17.9. The number of phenols is 1. The van der Waals surface area contributed by atoms with Crippen LogP contribution in [0.2, 0.25) is 5.02 Å². The Hall–Kier alpha value is -0.840. The first-order valence-electron chi connectivity index (χ1n) is 3.60. The maximum Gasteiger partial charge on any atom is 0.139 e. The van der Waals surface area contributed by atoms with E-state index < -0.39 is 11.9 Å². The first-order valence-corrected chi connectivity index (χ1v) is 3.98. The smallest absolute Gasteiger partial charge is 0.139 e. The van der Waals surface area contributed by atoms with Gasteiger partial charge in [0.1, 0.15) is 11.6 Å². The van der Waals surface area contributed by atoms with Gasteiger partial charge >= 0.3 is 0 Å². The highest BCUT2D eigenvalue weighted by atomic mass is 35.5. The van der Waals surface area contributed by atoms with Gasteiger partial charge in [-0.1, -0.05) is 11.6 Å². The molecule has 4 N–H and O–H groups in total. The fourth-order valence-corrected chi connectivity index (χ4v) is 1.18. The van der Waals surface area contributed by atoms with Gasteiger partial charge in [-0.2, -0.15) is 0 Å². The number of benzene rings is 1. The second kappa shape index (κ2) is 3.91. The van der Waals surface area contributed by atoms with E-state index in [1.807, 2.05) is 0 Å². The quantitative estimate of drug-likeness (QED) is 0.679. The third kappa shape index (κ3) is 2.09. The molecule has 1 aromatic rings. The maximum atomic E-state index is 12.8. The lowest BCUT2D eigenvalue weighted by atomic mass is 10.1. The van der Waals surface area contributed by atoms with E-state index in [4.69, 9.17) is 22.4 Å². The van der Waals surface area contributed by atoms with Gasteiger partial charge in [-0.05, 0) is 12.1 Å². The number of hydrogen-bond donors (Lipinski definition) is 3. The molecule has 72 valence electrons. The molecule has 5 heteroatoms. The lowest BCUT2D eigenvalue weighted by Crippen LogP contribution is -2.14. The van der Waals surface area contributed by atoms with E-state index in [-0.39, 0.29) is 22.9 Å². The van der Waals surface area contributed by atoms with Gasteiger partial charge in [0.2, 0.25) is 0 Å². The summed E-state index contributed by atoms with van der Waals surface area (Å²) in [6.45, 7) is -0.382. The van der Waals surface area contributed by atoms with Crippen molar-refractivity contribution in [3.63, 3.8) is 0 Å². The molecule has 0 aromatic heterocycles. The third-order valence-corrected chi connectivity index (χ3v) is 1.94. The van der Waals surface area contributed by atoms with Crippen molar-refractivity contribution >= 4 is 11.6 Å². The normalized spacial score (nSPS) is 12.9. The van der Waals surface area contributed by atoms with Crippen LogP contribution in [0.5, 0.6) is 5.75 Å². The summed E-state index contributed by atoms with van der Waals surface area (Å²) in [7, 11) is 0. The molecule has 0 aliphatic heterocycles. The molecule has 0 bridgehead atoms. The Labute approximate surface area is 79.6 Å². The molecule has 0 unspecified atom stereocenters.